The van der Waals surface area contributed by atoms with Crippen molar-refractivity contribution >= 4 is 11.8 Å². The van der Waals surface area contributed by atoms with Gasteiger partial charge in [0.15, 0.2) is 0 Å². The van der Waals surface area contributed by atoms with E-state index in [1.165, 1.54) is 6.42 Å². The van der Waals surface area contributed by atoms with E-state index >= 15 is 0 Å². The Kier molecular flexibility index (Phi) is 4.19. The van der Waals surface area contributed by atoms with Gasteiger partial charge in [0.25, 0.3) is 0 Å². The highest BCUT2D eigenvalue weighted by Gasteiger charge is 2.67. The zero-order chi connectivity index (χ0) is 19.3. The number of amides is 2. The SMILES string of the molecule is COc1cccc(CN2C[C@]34C=C[C@H](O3)[C@H](C(=O)N3CCCCC3)[C@@H]4C2=O)c1. The van der Waals surface area contributed by atoms with Crippen LogP contribution in [-0.2, 0) is 20.9 Å². The molecule has 1 aromatic carbocycles. The number of carbonyl (C=O) groups excluding carboxylic acids is 2. The molecule has 4 aliphatic rings. The Bertz CT molecular complexity index is 832. The van der Waals surface area contributed by atoms with Gasteiger partial charge in [-0.1, -0.05) is 24.3 Å². The van der Waals surface area contributed by atoms with Gasteiger partial charge in [-0.05, 0) is 37.0 Å². The summed E-state index contributed by atoms with van der Waals surface area (Å²) in [7, 11) is 1.64. The third kappa shape index (κ3) is 2.65. The Morgan fingerprint density at radius 3 is 2.89 bits per heavy atom. The van der Waals surface area contributed by atoms with Crippen molar-refractivity contribution < 1.29 is 19.1 Å². The number of ether oxygens (including phenoxy) is 2. The van der Waals surface area contributed by atoms with Gasteiger partial charge >= 0.3 is 0 Å². The number of nitrogens with zero attached hydrogens (tertiary/aromatic N) is 2. The van der Waals surface area contributed by atoms with Crippen LogP contribution in [0.3, 0.4) is 0 Å². The fourth-order valence-corrected chi connectivity index (χ4v) is 5.31. The number of hydrogen-bond donors (Lipinski definition) is 0. The Balaban J connectivity index is 1.38. The van der Waals surface area contributed by atoms with Gasteiger partial charge in [0.05, 0.1) is 31.6 Å². The number of benzene rings is 1. The molecule has 0 unspecified atom stereocenters. The molecule has 28 heavy (non-hydrogen) atoms. The largest absolute Gasteiger partial charge is 0.497 e. The van der Waals surface area contributed by atoms with Crippen LogP contribution in [0.4, 0.5) is 0 Å². The van der Waals surface area contributed by atoms with Crippen LogP contribution in [-0.4, -0.2) is 60.1 Å². The summed E-state index contributed by atoms with van der Waals surface area (Å²) >= 11 is 0. The first-order valence-corrected chi connectivity index (χ1v) is 10.2. The average Bonchev–Trinajstić information content (AvgIpc) is 3.37. The standard InChI is InChI=1S/C22H26N2O4/c1-27-16-7-5-6-15(12-16)13-24-14-22-9-8-17(28-22)18(19(22)21(24)26)20(25)23-10-3-2-4-11-23/h5-9,12,17-19H,2-4,10-11,13-14H2,1H3/t17-,18-,19+,22-/m0/s1. The molecule has 4 aliphatic heterocycles. The van der Waals surface area contributed by atoms with E-state index in [1.54, 1.807) is 7.11 Å². The molecule has 3 fully saturated rings. The Hall–Kier alpha value is -2.34. The molecule has 4 heterocycles. The van der Waals surface area contributed by atoms with E-state index in [4.69, 9.17) is 9.47 Å². The summed E-state index contributed by atoms with van der Waals surface area (Å²) in [6.07, 6.45) is 7.02. The number of rotatable bonds is 4. The Labute approximate surface area is 165 Å². The minimum atomic E-state index is -0.642. The molecule has 148 valence electrons. The van der Waals surface area contributed by atoms with Gasteiger partial charge in [-0.3, -0.25) is 9.59 Å². The Morgan fingerprint density at radius 1 is 1.29 bits per heavy atom. The van der Waals surface area contributed by atoms with Gasteiger partial charge in [-0.2, -0.15) is 0 Å². The second-order valence-corrected chi connectivity index (χ2v) is 8.33. The van der Waals surface area contributed by atoms with E-state index < -0.39 is 11.5 Å². The molecule has 6 heteroatoms. The van der Waals surface area contributed by atoms with Crippen molar-refractivity contribution in [2.75, 3.05) is 26.7 Å². The van der Waals surface area contributed by atoms with Crippen LogP contribution < -0.4 is 4.74 Å². The van der Waals surface area contributed by atoms with Crippen molar-refractivity contribution in [3.05, 3.63) is 42.0 Å². The molecular formula is C22H26N2O4. The number of likely N-dealkylation sites (tertiary alicyclic amines) is 2. The highest BCUT2D eigenvalue weighted by molar-refractivity contribution is 5.93. The van der Waals surface area contributed by atoms with Crippen molar-refractivity contribution in [1.82, 2.24) is 9.80 Å². The number of fused-ring (bicyclic) bond motifs is 1. The zero-order valence-corrected chi connectivity index (χ0v) is 16.2. The summed E-state index contributed by atoms with van der Waals surface area (Å²) in [4.78, 5) is 30.4. The van der Waals surface area contributed by atoms with Crippen LogP contribution in [0.2, 0.25) is 0 Å². The zero-order valence-electron chi connectivity index (χ0n) is 16.2. The molecule has 3 saturated heterocycles. The minimum Gasteiger partial charge on any atom is -0.497 e. The van der Waals surface area contributed by atoms with Crippen LogP contribution in [0, 0.1) is 11.8 Å². The molecule has 4 atom stereocenters. The maximum Gasteiger partial charge on any atom is 0.230 e. The van der Waals surface area contributed by atoms with Crippen molar-refractivity contribution in [3.63, 3.8) is 0 Å². The highest BCUT2D eigenvalue weighted by atomic mass is 16.5. The molecule has 2 amide bonds. The maximum absolute atomic E-state index is 13.3. The summed E-state index contributed by atoms with van der Waals surface area (Å²) < 4.78 is 11.5. The van der Waals surface area contributed by atoms with Crippen LogP contribution >= 0.6 is 0 Å². The van der Waals surface area contributed by atoms with Crippen LogP contribution in [0.25, 0.3) is 0 Å². The summed E-state index contributed by atoms with van der Waals surface area (Å²) in [5.74, 6) is 0.119. The molecule has 0 saturated carbocycles. The lowest BCUT2D eigenvalue weighted by atomic mass is 9.76. The lowest BCUT2D eigenvalue weighted by molar-refractivity contribution is -0.144. The summed E-state index contributed by atoms with van der Waals surface area (Å²) in [5.41, 5.74) is 0.373. The summed E-state index contributed by atoms with van der Waals surface area (Å²) in [6.45, 7) is 2.60. The fourth-order valence-electron chi connectivity index (χ4n) is 5.31. The lowest BCUT2D eigenvalue weighted by Crippen LogP contribution is -2.47. The van der Waals surface area contributed by atoms with Gasteiger partial charge in [-0.25, -0.2) is 0 Å². The highest BCUT2D eigenvalue weighted by Crippen LogP contribution is 2.52. The van der Waals surface area contributed by atoms with E-state index in [9.17, 15) is 9.59 Å². The minimum absolute atomic E-state index is 0.0324. The fraction of sp³-hybridized carbons (Fsp3) is 0.545. The van der Waals surface area contributed by atoms with Crippen LogP contribution in [0.5, 0.6) is 5.75 Å². The van der Waals surface area contributed by atoms with E-state index in [2.05, 4.69) is 0 Å². The maximum atomic E-state index is 13.3. The predicted octanol–water partition coefficient (Wildman–Crippen LogP) is 1.99. The molecule has 0 aromatic heterocycles. The molecular weight excluding hydrogens is 356 g/mol. The van der Waals surface area contributed by atoms with Gasteiger partial charge in [0, 0.05) is 19.6 Å². The molecule has 5 rings (SSSR count). The van der Waals surface area contributed by atoms with E-state index in [0.29, 0.717) is 13.1 Å². The third-order valence-electron chi connectivity index (χ3n) is 6.64. The first-order chi connectivity index (χ1) is 13.6. The lowest BCUT2D eigenvalue weighted by Gasteiger charge is -2.32. The van der Waals surface area contributed by atoms with Crippen LogP contribution in [0.1, 0.15) is 24.8 Å². The molecule has 0 N–H and O–H groups in total. The molecule has 2 bridgehead atoms. The first-order valence-electron chi connectivity index (χ1n) is 10.2. The second kappa shape index (κ2) is 6.62. The smallest absolute Gasteiger partial charge is 0.230 e. The van der Waals surface area contributed by atoms with Crippen molar-refractivity contribution in [2.45, 2.75) is 37.5 Å². The van der Waals surface area contributed by atoms with Crippen molar-refractivity contribution in [2.24, 2.45) is 11.8 Å². The van der Waals surface area contributed by atoms with Gasteiger partial charge in [0.1, 0.15) is 11.4 Å². The van der Waals surface area contributed by atoms with E-state index in [0.717, 1.165) is 37.2 Å². The molecule has 6 nitrogen and oxygen atoms in total. The average molecular weight is 382 g/mol. The summed E-state index contributed by atoms with van der Waals surface area (Å²) in [6, 6.07) is 7.76. The normalized spacial score (nSPS) is 33.5. The predicted molar refractivity (Wildman–Crippen MR) is 103 cm³/mol. The first kappa shape index (κ1) is 17.7. The monoisotopic (exact) mass is 382 g/mol. The topological polar surface area (TPSA) is 59.1 Å². The molecule has 0 radical (unpaired) electrons. The molecule has 1 spiro atoms. The van der Waals surface area contributed by atoms with Gasteiger partial charge < -0.3 is 19.3 Å². The van der Waals surface area contributed by atoms with Crippen LogP contribution in [0.15, 0.2) is 36.4 Å². The number of piperidine rings is 1. The summed E-state index contributed by atoms with van der Waals surface area (Å²) in [5, 5.41) is 0. The molecule has 1 aromatic rings. The second-order valence-electron chi connectivity index (χ2n) is 8.33. The van der Waals surface area contributed by atoms with Crippen molar-refractivity contribution in [3.8, 4) is 5.75 Å². The van der Waals surface area contributed by atoms with Gasteiger partial charge in [-0.15, -0.1) is 0 Å². The Morgan fingerprint density at radius 2 is 2.11 bits per heavy atom. The third-order valence-corrected chi connectivity index (χ3v) is 6.64. The number of methoxy groups -OCH3 is 1. The van der Waals surface area contributed by atoms with Gasteiger partial charge in [0.2, 0.25) is 11.8 Å². The van der Waals surface area contributed by atoms with Crippen molar-refractivity contribution in [1.29, 1.82) is 0 Å². The van der Waals surface area contributed by atoms with E-state index in [1.807, 2.05) is 46.2 Å². The number of carbonyl (C=O) groups is 2. The number of hydrogen-bond acceptors (Lipinski definition) is 4. The molecule has 0 aliphatic carbocycles. The van der Waals surface area contributed by atoms with E-state index in [-0.39, 0.29) is 23.8 Å². The quantitative estimate of drug-likeness (QED) is 0.748.